The van der Waals surface area contributed by atoms with Crippen molar-refractivity contribution in [1.29, 1.82) is 0 Å². The van der Waals surface area contributed by atoms with Crippen LogP contribution in [0.1, 0.15) is 31.8 Å². The Bertz CT molecular complexity index is 1060. The highest BCUT2D eigenvalue weighted by Gasteiger charge is 2.18. The molecule has 6 heteroatoms. The lowest BCUT2D eigenvalue weighted by molar-refractivity contribution is -0.119. The highest BCUT2D eigenvalue weighted by atomic mass is 16.5. The number of phenols is 1. The zero-order valence-electron chi connectivity index (χ0n) is 15.7. The topological polar surface area (TPSA) is 92.7 Å². The number of carbonyl (C=O) groups excluding carboxylic acids is 3. The molecule has 6 nitrogen and oxygen atoms in total. The van der Waals surface area contributed by atoms with E-state index in [0.717, 1.165) is 0 Å². The van der Waals surface area contributed by atoms with Gasteiger partial charge < -0.3 is 15.2 Å². The summed E-state index contributed by atoms with van der Waals surface area (Å²) in [4.78, 5) is 37.1. The number of hydrogen-bond donors (Lipinski definition) is 2. The van der Waals surface area contributed by atoms with Crippen LogP contribution in [0.2, 0.25) is 0 Å². The van der Waals surface area contributed by atoms with Crippen LogP contribution in [0.3, 0.4) is 0 Å². The molecule has 0 unspecified atom stereocenters. The second-order valence-corrected chi connectivity index (χ2v) is 6.34. The third-order valence-electron chi connectivity index (χ3n) is 4.27. The third kappa shape index (κ3) is 4.68. The first-order valence-electron chi connectivity index (χ1n) is 8.91. The van der Waals surface area contributed by atoms with Crippen molar-refractivity contribution in [2.45, 2.75) is 6.92 Å². The molecule has 1 amide bonds. The molecule has 0 spiro atoms. The summed E-state index contributed by atoms with van der Waals surface area (Å²) in [6, 6.07) is 20.0. The molecule has 0 aromatic heterocycles. The molecule has 0 aliphatic carbocycles. The minimum absolute atomic E-state index is 0.0162. The van der Waals surface area contributed by atoms with Crippen molar-refractivity contribution >= 4 is 23.3 Å². The van der Waals surface area contributed by atoms with Crippen LogP contribution in [-0.4, -0.2) is 29.4 Å². The number of aryl methyl sites for hydroxylation is 1. The molecule has 3 rings (SSSR count). The minimum atomic E-state index is -0.810. The zero-order chi connectivity index (χ0) is 20.8. The van der Waals surface area contributed by atoms with Crippen molar-refractivity contribution < 1.29 is 24.2 Å². The molecule has 3 aromatic carbocycles. The van der Waals surface area contributed by atoms with Crippen LogP contribution >= 0.6 is 0 Å². The Hall–Kier alpha value is -3.93. The summed E-state index contributed by atoms with van der Waals surface area (Å²) >= 11 is 0. The number of rotatable bonds is 6. The summed E-state index contributed by atoms with van der Waals surface area (Å²) in [7, 11) is 0. The van der Waals surface area contributed by atoms with Gasteiger partial charge in [0.25, 0.3) is 5.91 Å². The SMILES string of the molecule is Cc1cccc(C(=O)OCC(=O)Nc2ccccc2C(=O)c2ccccc2)c1O. The number of hydrogen-bond acceptors (Lipinski definition) is 5. The third-order valence-corrected chi connectivity index (χ3v) is 4.27. The van der Waals surface area contributed by atoms with Gasteiger partial charge in [0, 0.05) is 11.1 Å². The van der Waals surface area contributed by atoms with Crippen molar-refractivity contribution in [2.24, 2.45) is 0 Å². The molecule has 0 saturated heterocycles. The van der Waals surface area contributed by atoms with E-state index in [4.69, 9.17) is 4.74 Å². The molecular weight excluding hydrogens is 370 g/mol. The van der Waals surface area contributed by atoms with Crippen LogP contribution in [0, 0.1) is 6.92 Å². The Morgan fingerprint density at radius 1 is 0.862 bits per heavy atom. The summed E-state index contributed by atoms with van der Waals surface area (Å²) in [5.41, 5.74) is 1.65. The number of phenolic OH excluding ortho intramolecular Hbond substituents is 1. The van der Waals surface area contributed by atoms with Crippen LogP contribution in [-0.2, 0) is 9.53 Å². The van der Waals surface area contributed by atoms with Crippen molar-refractivity contribution in [1.82, 2.24) is 0 Å². The van der Waals surface area contributed by atoms with Crippen LogP contribution in [0.5, 0.6) is 5.75 Å². The molecule has 0 heterocycles. The fourth-order valence-corrected chi connectivity index (χ4v) is 2.75. The lowest BCUT2D eigenvalue weighted by Gasteiger charge is -2.11. The van der Waals surface area contributed by atoms with Gasteiger partial charge in [0.05, 0.1) is 5.69 Å². The fraction of sp³-hybridized carbons (Fsp3) is 0.0870. The molecule has 0 aliphatic rings. The Morgan fingerprint density at radius 2 is 1.52 bits per heavy atom. The van der Waals surface area contributed by atoms with Gasteiger partial charge in [0.2, 0.25) is 0 Å². The van der Waals surface area contributed by atoms with E-state index in [9.17, 15) is 19.5 Å². The summed E-state index contributed by atoms with van der Waals surface area (Å²) in [6.07, 6.45) is 0. The predicted octanol–water partition coefficient (Wildman–Crippen LogP) is 3.73. The van der Waals surface area contributed by atoms with Gasteiger partial charge in [-0.1, -0.05) is 54.6 Å². The summed E-state index contributed by atoms with van der Waals surface area (Å²) in [5, 5.41) is 12.5. The standard InChI is InChI=1S/C23H19NO5/c1-15-8-7-12-18(21(15)26)23(28)29-14-20(25)24-19-13-6-5-11-17(19)22(27)16-9-3-2-4-10-16/h2-13,26H,14H2,1H3,(H,24,25). The number of para-hydroxylation sites is 2. The number of nitrogens with one attached hydrogen (secondary N) is 1. The van der Waals surface area contributed by atoms with Gasteiger partial charge in [0.15, 0.2) is 12.4 Å². The number of ketones is 1. The number of ether oxygens (including phenoxy) is 1. The first-order valence-corrected chi connectivity index (χ1v) is 8.91. The highest BCUT2D eigenvalue weighted by molar-refractivity contribution is 6.14. The van der Waals surface area contributed by atoms with E-state index >= 15 is 0 Å². The lowest BCUT2D eigenvalue weighted by atomic mass is 10.0. The number of esters is 1. The number of carbonyl (C=O) groups is 3. The van der Waals surface area contributed by atoms with Gasteiger partial charge in [-0.25, -0.2) is 4.79 Å². The maximum absolute atomic E-state index is 12.7. The Morgan fingerprint density at radius 3 is 2.28 bits per heavy atom. The number of amides is 1. The van der Waals surface area contributed by atoms with E-state index in [2.05, 4.69) is 5.32 Å². The molecule has 0 atom stereocenters. The quantitative estimate of drug-likeness (QED) is 0.495. The first kappa shape index (κ1) is 19.8. The fourth-order valence-electron chi connectivity index (χ4n) is 2.75. The van der Waals surface area contributed by atoms with Crippen molar-refractivity contribution in [2.75, 3.05) is 11.9 Å². The molecular formula is C23H19NO5. The Balaban J connectivity index is 1.68. The monoisotopic (exact) mass is 389 g/mol. The molecule has 3 aromatic rings. The smallest absolute Gasteiger partial charge is 0.342 e. The number of benzene rings is 3. The summed E-state index contributed by atoms with van der Waals surface area (Å²) in [6.45, 7) is 1.10. The van der Waals surface area contributed by atoms with Gasteiger partial charge in [-0.15, -0.1) is 0 Å². The predicted molar refractivity (Wildman–Crippen MR) is 108 cm³/mol. The lowest BCUT2D eigenvalue weighted by Crippen LogP contribution is -2.22. The van der Waals surface area contributed by atoms with Gasteiger partial charge in [-0.2, -0.15) is 0 Å². The normalized spacial score (nSPS) is 10.2. The average molecular weight is 389 g/mol. The Kier molecular flexibility index (Phi) is 6.04. The van der Waals surface area contributed by atoms with Crippen molar-refractivity contribution in [3.8, 4) is 5.75 Å². The summed E-state index contributed by atoms with van der Waals surface area (Å²) < 4.78 is 4.99. The van der Waals surface area contributed by atoms with E-state index in [0.29, 0.717) is 22.4 Å². The Labute approximate surface area is 167 Å². The maximum Gasteiger partial charge on any atom is 0.342 e. The minimum Gasteiger partial charge on any atom is -0.507 e. The molecule has 0 aliphatic heterocycles. The van der Waals surface area contributed by atoms with Crippen LogP contribution in [0.15, 0.2) is 72.8 Å². The van der Waals surface area contributed by atoms with Gasteiger partial charge in [-0.05, 0) is 30.7 Å². The molecule has 0 radical (unpaired) electrons. The van der Waals surface area contributed by atoms with E-state index < -0.39 is 18.5 Å². The molecule has 2 N–H and O–H groups in total. The van der Waals surface area contributed by atoms with Gasteiger partial charge in [0.1, 0.15) is 11.3 Å². The maximum atomic E-state index is 12.7. The van der Waals surface area contributed by atoms with Crippen LogP contribution in [0.25, 0.3) is 0 Å². The molecule has 146 valence electrons. The summed E-state index contributed by atoms with van der Waals surface area (Å²) in [5.74, 6) is -1.83. The van der Waals surface area contributed by atoms with E-state index in [1.165, 1.54) is 6.07 Å². The largest absolute Gasteiger partial charge is 0.507 e. The van der Waals surface area contributed by atoms with Crippen molar-refractivity contribution in [3.05, 3.63) is 95.1 Å². The second kappa shape index (κ2) is 8.84. The van der Waals surface area contributed by atoms with E-state index in [-0.39, 0.29) is 17.1 Å². The van der Waals surface area contributed by atoms with E-state index in [1.807, 2.05) is 6.07 Å². The van der Waals surface area contributed by atoms with Gasteiger partial charge >= 0.3 is 5.97 Å². The highest BCUT2D eigenvalue weighted by Crippen LogP contribution is 2.22. The number of aromatic hydroxyl groups is 1. The zero-order valence-corrected chi connectivity index (χ0v) is 15.7. The van der Waals surface area contributed by atoms with Crippen LogP contribution < -0.4 is 5.32 Å². The first-order chi connectivity index (χ1) is 14.0. The molecule has 0 bridgehead atoms. The number of anilines is 1. The van der Waals surface area contributed by atoms with Gasteiger partial charge in [-0.3, -0.25) is 9.59 Å². The van der Waals surface area contributed by atoms with Crippen LogP contribution in [0.4, 0.5) is 5.69 Å². The van der Waals surface area contributed by atoms with E-state index in [1.54, 1.807) is 67.6 Å². The molecule has 0 fully saturated rings. The van der Waals surface area contributed by atoms with Crippen molar-refractivity contribution in [3.63, 3.8) is 0 Å². The molecule has 0 saturated carbocycles. The average Bonchev–Trinajstić information content (AvgIpc) is 2.74. The second-order valence-electron chi connectivity index (χ2n) is 6.34. The molecule has 29 heavy (non-hydrogen) atoms.